The molecule has 1 aliphatic rings. The topological polar surface area (TPSA) is 0 Å². The predicted molar refractivity (Wildman–Crippen MR) is 119 cm³/mol. The summed E-state index contributed by atoms with van der Waals surface area (Å²) >= 11 is 0. The van der Waals surface area contributed by atoms with E-state index in [1.165, 1.54) is 54.9 Å². The van der Waals surface area contributed by atoms with Crippen molar-refractivity contribution < 1.29 is 0 Å². The first-order chi connectivity index (χ1) is 13.9. The quantitative estimate of drug-likeness (QED) is 0.309. The molecule has 0 bridgehead atoms. The lowest BCUT2D eigenvalue weighted by Gasteiger charge is -2.12. The zero-order valence-corrected chi connectivity index (χ0v) is 15.7. The van der Waals surface area contributed by atoms with Gasteiger partial charge in [-0.1, -0.05) is 91.0 Å². The lowest BCUT2D eigenvalue weighted by atomic mass is 9.91. The highest BCUT2D eigenvalue weighted by Crippen LogP contribution is 2.44. The molecule has 0 N–H and O–H groups in total. The molecule has 0 aromatic heterocycles. The van der Waals surface area contributed by atoms with E-state index in [0.29, 0.717) is 0 Å². The summed E-state index contributed by atoms with van der Waals surface area (Å²) in [6.45, 7) is 0. The fraction of sp³-hybridized carbons (Fsp3) is 0.0714. The molecule has 0 saturated carbocycles. The van der Waals surface area contributed by atoms with Gasteiger partial charge in [0.1, 0.15) is 0 Å². The second kappa shape index (κ2) is 6.07. The molecule has 0 spiro atoms. The SMILES string of the molecule is c1ccc(Cc2cc3c(c4ccccc24)Cc2c-3ccc3ccccc23)cc1. The molecule has 6 rings (SSSR count). The van der Waals surface area contributed by atoms with Crippen molar-refractivity contribution in [3.05, 3.63) is 119 Å². The molecular weight excluding hydrogens is 336 g/mol. The number of fused-ring (bicyclic) bond motifs is 7. The van der Waals surface area contributed by atoms with E-state index in [2.05, 4.69) is 97.1 Å². The Hall–Kier alpha value is -3.38. The Kier molecular flexibility index (Phi) is 3.39. The fourth-order valence-corrected chi connectivity index (χ4v) is 4.86. The molecule has 0 radical (unpaired) electrons. The normalized spacial score (nSPS) is 12.3. The Morgan fingerprint density at radius 2 is 1.21 bits per heavy atom. The minimum atomic E-state index is 0.970. The highest BCUT2D eigenvalue weighted by atomic mass is 14.3. The summed E-state index contributed by atoms with van der Waals surface area (Å²) in [6, 6.07) is 35.6. The van der Waals surface area contributed by atoms with Crippen LogP contribution >= 0.6 is 0 Å². The van der Waals surface area contributed by atoms with Gasteiger partial charge in [0, 0.05) is 0 Å². The average molecular weight is 356 g/mol. The molecule has 132 valence electrons. The van der Waals surface area contributed by atoms with Crippen molar-refractivity contribution in [2.75, 3.05) is 0 Å². The molecule has 0 heterocycles. The number of hydrogen-bond acceptors (Lipinski definition) is 0. The molecule has 0 unspecified atom stereocenters. The van der Waals surface area contributed by atoms with Crippen LogP contribution in [0.5, 0.6) is 0 Å². The van der Waals surface area contributed by atoms with Crippen molar-refractivity contribution in [1.82, 2.24) is 0 Å². The Bertz CT molecular complexity index is 1340. The molecule has 28 heavy (non-hydrogen) atoms. The van der Waals surface area contributed by atoms with Gasteiger partial charge in [0.25, 0.3) is 0 Å². The Morgan fingerprint density at radius 3 is 2.07 bits per heavy atom. The molecule has 0 amide bonds. The highest BCUT2D eigenvalue weighted by molar-refractivity contribution is 6.02. The number of hydrogen-bond donors (Lipinski definition) is 0. The van der Waals surface area contributed by atoms with E-state index in [9.17, 15) is 0 Å². The lowest BCUT2D eigenvalue weighted by Crippen LogP contribution is -1.93. The summed E-state index contributed by atoms with van der Waals surface area (Å²) in [5, 5.41) is 5.53. The molecule has 0 heteroatoms. The zero-order valence-electron chi connectivity index (χ0n) is 15.7. The summed E-state index contributed by atoms with van der Waals surface area (Å²) in [6.07, 6.45) is 2.00. The van der Waals surface area contributed by atoms with Crippen LogP contribution in [0, 0.1) is 0 Å². The molecule has 0 aliphatic heterocycles. The molecule has 0 saturated heterocycles. The molecule has 0 atom stereocenters. The van der Waals surface area contributed by atoms with E-state index in [4.69, 9.17) is 0 Å². The van der Waals surface area contributed by atoms with Gasteiger partial charge < -0.3 is 0 Å². The summed E-state index contributed by atoms with van der Waals surface area (Å²) in [5.74, 6) is 0. The van der Waals surface area contributed by atoms with E-state index >= 15 is 0 Å². The van der Waals surface area contributed by atoms with Crippen LogP contribution in [-0.2, 0) is 12.8 Å². The van der Waals surface area contributed by atoms with Gasteiger partial charge >= 0.3 is 0 Å². The number of benzene rings is 5. The smallest absolute Gasteiger partial charge is 0.000111 e. The van der Waals surface area contributed by atoms with Gasteiger partial charge in [-0.05, 0) is 73.8 Å². The Labute approximate surface area is 165 Å². The van der Waals surface area contributed by atoms with Gasteiger partial charge in [-0.2, -0.15) is 0 Å². The van der Waals surface area contributed by atoms with Crippen LogP contribution in [0.1, 0.15) is 22.3 Å². The van der Waals surface area contributed by atoms with Gasteiger partial charge in [0.15, 0.2) is 0 Å². The molecular formula is C28H20. The van der Waals surface area contributed by atoms with Crippen LogP contribution in [-0.4, -0.2) is 0 Å². The minimum absolute atomic E-state index is 0.970. The molecule has 0 fully saturated rings. The zero-order chi connectivity index (χ0) is 18.5. The number of rotatable bonds is 2. The van der Waals surface area contributed by atoms with Gasteiger partial charge in [-0.25, -0.2) is 0 Å². The monoisotopic (exact) mass is 356 g/mol. The third-order valence-electron chi connectivity index (χ3n) is 6.16. The molecule has 1 aliphatic carbocycles. The van der Waals surface area contributed by atoms with Gasteiger partial charge in [0.2, 0.25) is 0 Å². The first-order valence-corrected chi connectivity index (χ1v) is 9.97. The second-order valence-electron chi connectivity index (χ2n) is 7.76. The maximum Gasteiger partial charge on any atom is -0.000111 e. The van der Waals surface area contributed by atoms with Crippen molar-refractivity contribution in [3.63, 3.8) is 0 Å². The van der Waals surface area contributed by atoms with Crippen LogP contribution in [0.3, 0.4) is 0 Å². The van der Waals surface area contributed by atoms with Gasteiger partial charge in [0.05, 0.1) is 0 Å². The van der Waals surface area contributed by atoms with Crippen molar-refractivity contribution in [1.29, 1.82) is 0 Å². The molecule has 0 nitrogen and oxygen atoms in total. The summed E-state index contributed by atoms with van der Waals surface area (Å²) < 4.78 is 0. The third kappa shape index (κ3) is 2.31. The summed E-state index contributed by atoms with van der Waals surface area (Å²) in [5.41, 5.74) is 8.58. The molecule has 5 aromatic carbocycles. The van der Waals surface area contributed by atoms with Crippen LogP contribution in [0.25, 0.3) is 32.7 Å². The predicted octanol–water partition coefficient (Wildman–Crippen LogP) is 7.16. The maximum absolute atomic E-state index is 2.45. The van der Waals surface area contributed by atoms with Crippen LogP contribution in [0.4, 0.5) is 0 Å². The lowest BCUT2D eigenvalue weighted by molar-refractivity contribution is 1.21. The van der Waals surface area contributed by atoms with E-state index in [1.54, 1.807) is 0 Å². The van der Waals surface area contributed by atoms with E-state index in [1.807, 2.05) is 0 Å². The fourth-order valence-electron chi connectivity index (χ4n) is 4.86. The van der Waals surface area contributed by atoms with Crippen molar-refractivity contribution >= 4 is 21.5 Å². The van der Waals surface area contributed by atoms with E-state index in [0.717, 1.165) is 12.8 Å². The Morgan fingerprint density at radius 1 is 0.536 bits per heavy atom. The average Bonchev–Trinajstić information content (AvgIpc) is 3.14. The minimum Gasteiger partial charge on any atom is -0.0622 e. The van der Waals surface area contributed by atoms with E-state index < -0.39 is 0 Å². The maximum atomic E-state index is 2.45. The first kappa shape index (κ1) is 15.7. The summed E-state index contributed by atoms with van der Waals surface area (Å²) in [4.78, 5) is 0. The van der Waals surface area contributed by atoms with Gasteiger partial charge in [-0.15, -0.1) is 0 Å². The Balaban J connectivity index is 1.61. The second-order valence-corrected chi connectivity index (χ2v) is 7.76. The van der Waals surface area contributed by atoms with Crippen molar-refractivity contribution in [3.8, 4) is 11.1 Å². The molecule has 5 aromatic rings. The first-order valence-electron chi connectivity index (χ1n) is 9.97. The standard InChI is InChI=1S/C28H20/c1-2-8-19(9-3-1)16-21-17-26-25-15-14-20-10-4-5-11-22(20)27(25)18-28(26)24-13-7-6-12-23(21)24/h1-15,17H,16,18H2. The van der Waals surface area contributed by atoms with E-state index in [-0.39, 0.29) is 0 Å². The third-order valence-corrected chi connectivity index (χ3v) is 6.16. The van der Waals surface area contributed by atoms with Crippen molar-refractivity contribution in [2.45, 2.75) is 12.8 Å². The van der Waals surface area contributed by atoms with Crippen molar-refractivity contribution in [2.24, 2.45) is 0 Å². The van der Waals surface area contributed by atoms with Crippen LogP contribution < -0.4 is 0 Å². The van der Waals surface area contributed by atoms with Crippen LogP contribution in [0.15, 0.2) is 97.1 Å². The highest BCUT2D eigenvalue weighted by Gasteiger charge is 2.23. The largest absolute Gasteiger partial charge is 0.0622 e. The van der Waals surface area contributed by atoms with Gasteiger partial charge in [-0.3, -0.25) is 0 Å². The summed E-state index contributed by atoms with van der Waals surface area (Å²) in [7, 11) is 0. The van der Waals surface area contributed by atoms with Crippen LogP contribution in [0.2, 0.25) is 0 Å².